The summed E-state index contributed by atoms with van der Waals surface area (Å²) in [7, 11) is 0. The molecule has 1 N–H and O–H groups in total. The predicted molar refractivity (Wildman–Crippen MR) is 118 cm³/mol. The van der Waals surface area contributed by atoms with Gasteiger partial charge in [0.2, 0.25) is 0 Å². The molecule has 146 valence electrons. The van der Waals surface area contributed by atoms with Gasteiger partial charge in [-0.25, -0.2) is 0 Å². The number of hydrogen-bond donors (Lipinski definition) is 1. The average Bonchev–Trinajstić information content (AvgIpc) is 3.17. The second kappa shape index (κ2) is 8.24. The Morgan fingerprint density at radius 3 is 2.53 bits per heavy atom. The highest BCUT2D eigenvalue weighted by Gasteiger charge is 2.13. The summed E-state index contributed by atoms with van der Waals surface area (Å²) in [6, 6.07) is 22.0. The molecular formula is C24H16ClN3O2. The number of aromatic nitrogens is 1. The lowest BCUT2D eigenvalue weighted by Gasteiger charge is -2.05. The van der Waals surface area contributed by atoms with Crippen molar-refractivity contribution in [3.63, 3.8) is 0 Å². The third-order valence-electron chi connectivity index (χ3n) is 4.59. The number of rotatable bonds is 4. The molecule has 3 aromatic carbocycles. The van der Waals surface area contributed by atoms with Crippen molar-refractivity contribution in [1.82, 2.24) is 5.16 Å². The van der Waals surface area contributed by atoms with E-state index in [9.17, 15) is 10.1 Å². The van der Waals surface area contributed by atoms with Crippen molar-refractivity contribution in [2.75, 3.05) is 5.32 Å². The molecule has 0 saturated carbocycles. The Hall–Kier alpha value is -3.88. The van der Waals surface area contributed by atoms with Crippen LogP contribution in [0.1, 0.15) is 11.1 Å². The largest absolute Gasteiger partial charge is 0.355 e. The second-order valence-corrected chi connectivity index (χ2v) is 7.22. The number of fused-ring (bicyclic) bond motifs is 1. The summed E-state index contributed by atoms with van der Waals surface area (Å²) in [6.07, 6.45) is 1.54. The Bertz CT molecular complexity index is 1300. The van der Waals surface area contributed by atoms with E-state index in [2.05, 4.69) is 10.5 Å². The first-order valence-electron chi connectivity index (χ1n) is 9.19. The molecule has 0 spiro atoms. The summed E-state index contributed by atoms with van der Waals surface area (Å²) < 4.78 is 5.51. The van der Waals surface area contributed by atoms with Crippen molar-refractivity contribution in [2.24, 2.45) is 0 Å². The number of amides is 1. The molecule has 30 heavy (non-hydrogen) atoms. The number of halogens is 1. The van der Waals surface area contributed by atoms with Gasteiger partial charge in [0.15, 0.2) is 5.76 Å². The smallest absolute Gasteiger partial charge is 0.266 e. The molecule has 4 aromatic rings. The van der Waals surface area contributed by atoms with E-state index in [1.807, 2.05) is 43.3 Å². The Morgan fingerprint density at radius 2 is 1.83 bits per heavy atom. The van der Waals surface area contributed by atoms with Crippen molar-refractivity contribution < 1.29 is 9.32 Å². The molecule has 0 unspecified atom stereocenters. The van der Waals surface area contributed by atoms with Gasteiger partial charge < -0.3 is 9.84 Å². The number of benzene rings is 3. The average molecular weight is 414 g/mol. The Balaban J connectivity index is 1.65. The zero-order valence-corrected chi connectivity index (χ0v) is 16.8. The number of nitrogens with zero attached hydrogens (tertiary/aromatic N) is 2. The third kappa shape index (κ3) is 4.09. The fourth-order valence-corrected chi connectivity index (χ4v) is 3.13. The van der Waals surface area contributed by atoms with E-state index in [1.54, 1.807) is 42.5 Å². The Morgan fingerprint density at radius 1 is 1.10 bits per heavy atom. The summed E-state index contributed by atoms with van der Waals surface area (Å²) in [6.45, 7) is 1.96. The first-order valence-corrected chi connectivity index (χ1v) is 9.56. The highest BCUT2D eigenvalue weighted by atomic mass is 35.5. The molecule has 6 heteroatoms. The molecule has 0 fully saturated rings. The van der Waals surface area contributed by atoms with Gasteiger partial charge in [-0.2, -0.15) is 5.26 Å². The van der Waals surface area contributed by atoms with Crippen molar-refractivity contribution in [2.45, 2.75) is 6.92 Å². The van der Waals surface area contributed by atoms with Crippen LogP contribution >= 0.6 is 11.6 Å². The van der Waals surface area contributed by atoms with E-state index in [-0.39, 0.29) is 5.57 Å². The summed E-state index contributed by atoms with van der Waals surface area (Å²) in [5.74, 6) is 0.129. The number of nitrogens with one attached hydrogen (secondary N) is 1. The molecule has 0 aliphatic rings. The lowest BCUT2D eigenvalue weighted by atomic mass is 10.0. The summed E-state index contributed by atoms with van der Waals surface area (Å²) in [5, 5.41) is 17.7. The number of hydrogen-bond acceptors (Lipinski definition) is 4. The van der Waals surface area contributed by atoms with E-state index in [4.69, 9.17) is 16.1 Å². The van der Waals surface area contributed by atoms with Crippen LogP contribution < -0.4 is 5.32 Å². The molecule has 4 rings (SSSR count). The maximum atomic E-state index is 12.5. The number of aryl methyl sites for hydroxylation is 1. The molecule has 0 atom stereocenters. The van der Waals surface area contributed by atoms with Crippen molar-refractivity contribution in [3.05, 3.63) is 88.5 Å². The van der Waals surface area contributed by atoms with Gasteiger partial charge in [-0.1, -0.05) is 40.5 Å². The number of carbonyl (C=O) groups excluding carboxylic acids is 1. The monoisotopic (exact) mass is 413 g/mol. The minimum atomic E-state index is -0.468. The van der Waals surface area contributed by atoms with Crippen LogP contribution in [0.25, 0.3) is 28.3 Å². The Labute approximate surface area is 178 Å². The molecule has 0 saturated heterocycles. The molecule has 0 bridgehead atoms. The van der Waals surface area contributed by atoms with E-state index >= 15 is 0 Å². The second-order valence-electron chi connectivity index (χ2n) is 6.79. The summed E-state index contributed by atoms with van der Waals surface area (Å²) in [5.41, 5.74) is 3.92. The molecule has 0 aliphatic heterocycles. The van der Waals surface area contributed by atoms with Gasteiger partial charge in [0.05, 0.1) is 5.39 Å². The predicted octanol–water partition coefficient (Wildman–Crippen LogP) is 6.00. The van der Waals surface area contributed by atoms with Gasteiger partial charge >= 0.3 is 0 Å². The molecule has 1 aromatic heterocycles. The summed E-state index contributed by atoms with van der Waals surface area (Å²) >= 11 is 5.96. The number of nitriles is 1. The van der Waals surface area contributed by atoms with Crippen LogP contribution in [0.4, 0.5) is 5.69 Å². The van der Waals surface area contributed by atoms with Crippen LogP contribution in [-0.4, -0.2) is 11.1 Å². The normalized spacial score (nSPS) is 11.3. The molecule has 1 heterocycles. The number of anilines is 1. The van der Waals surface area contributed by atoms with Gasteiger partial charge in [-0.05, 0) is 67.1 Å². The third-order valence-corrected chi connectivity index (χ3v) is 4.84. The van der Waals surface area contributed by atoms with Crippen molar-refractivity contribution in [3.8, 4) is 17.4 Å². The Kier molecular flexibility index (Phi) is 5.34. The van der Waals surface area contributed by atoms with Gasteiger partial charge in [0.1, 0.15) is 17.2 Å². The van der Waals surface area contributed by atoms with Crippen LogP contribution in [0.5, 0.6) is 0 Å². The van der Waals surface area contributed by atoms with E-state index in [1.165, 1.54) is 0 Å². The van der Waals surface area contributed by atoms with Crippen LogP contribution in [0.3, 0.4) is 0 Å². The summed E-state index contributed by atoms with van der Waals surface area (Å²) in [4.78, 5) is 12.5. The highest BCUT2D eigenvalue weighted by Crippen LogP contribution is 2.30. The van der Waals surface area contributed by atoms with E-state index < -0.39 is 5.91 Å². The standard InChI is InChI=1S/C24H16ClN3O2/c1-15-2-9-20(10-3-15)27-24(29)18(14-26)12-16-4-11-22-21(13-16)23(30-28-22)17-5-7-19(25)8-6-17/h2-13H,1H3,(H,27,29)/b18-12+. The van der Waals surface area contributed by atoms with E-state index in [0.717, 1.165) is 16.5 Å². The van der Waals surface area contributed by atoms with Crippen LogP contribution in [-0.2, 0) is 4.79 Å². The topological polar surface area (TPSA) is 78.9 Å². The first kappa shape index (κ1) is 19.4. The fourth-order valence-electron chi connectivity index (χ4n) is 3.01. The van der Waals surface area contributed by atoms with Crippen molar-refractivity contribution in [1.29, 1.82) is 5.26 Å². The SMILES string of the molecule is Cc1ccc(NC(=O)/C(C#N)=C/c2ccc3noc(-c4ccc(Cl)cc4)c3c2)cc1. The maximum absolute atomic E-state index is 12.5. The quantitative estimate of drug-likeness (QED) is 0.328. The number of carbonyl (C=O) groups is 1. The lowest BCUT2D eigenvalue weighted by Crippen LogP contribution is -2.13. The zero-order chi connectivity index (χ0) is 21.1. The zero-order valence-electron chi connectivity index (χ0n) is 16.0. The maximum Gasteiger partial charge on any atom is 0.266 e. The van der Waals surface area contributed by atoms with Crippen LogP contribution in [0, 0.1) is 18.3 Å². The molecule has 0 radical (unpaired) electrons. The van der Waals surface area contributed by atoms with Gasteiger partial charge in [-0.3, -0.25) is 4.79 Å². The molecule has 5 nitrogen and oxygen atoms in total. The highest BCUT2D eigenvalue weighted by molar-refractivity contribution is 6.30. The fraction of sp³-hybridized carbons (Fsp3) is 0.0417. The molecule has 0 aliphatic carbocycles. The molecular weight excluding hydrogens is 398 g/mol. The van der Waals surface area contributed by atoms with Crippen molar-refractivity contribution >= 4 is 40.2 Å². The van der Waals surface area contributed by atoms with Crippen LogP contribution in [0.2, 0.25) is 5.02 Å². The molecule has 1 amide bonds. The van der Waals surface area contributed by atoms with Gasteiger partial charge in [0, 0.05) is 16.3 Å². The lowest BCUT2D eigenvalue weighted by molar-refractivity contribution is -0.112. The minimum Gasteiger partial charge on any atom is -0.355 e. The van der Waals surface area contributed by atoms with Gasteiger partial charge in [0.25, 0.3) is 5.91 Å². The first-order chi connectivity index (χ1) is 14.5. The van der Waals surface area contributed by atoms with Gasteiger partial charge in [-0.15, -0.1) is 0 Å². The minimum absolute atomic E-state index is 0.000535. The van der Waals surface area contributed by atoms with E-state index in [0.29, 0.717) is 27.6 Å². The van der Waals surface area contributed by atoms with Crippen LogP contribution in [0.15, 0.2) is 76.8 Å².